The molecule has 138 valence electrons. The van der Waals surface area contributed by atoms with Gasteiger partial charge in [-0.3, -0.25) is 9.59 Å². The number of anilines is 1. The first-order valence-electron chi connectivity index (χ1n) is 9.06. The van der Waals surface area contributed by atoms with E-state index in [1.807, 2.05) is 30.3 Å². The predicted octanol–water partition coefficient (Wildman–Crippen LogP) is 3.45. The normalized spacial score (nSPS) is 14.4. The quantitative estimate of drug-likeness (QED) is 0.752. The molecule has 2 heterocycles. The topological polar surface area (TPSA) is 76.9 Å². The Morgan fingerprint density at radius 3 is 2.70 bits per heavy atom. The molecule has 4 rings (SSSR count). The number of carbonyl (C=O) groups excluding carboxylic acids is 1. The van der Waals surface area contributed by atoms with Gasteiger partial charge in [0.05, 0.1) is 11.4 Å². The Kier molecular flexibility index (Phi) is 4.85. The van der Waals surface area contributed by atoms with Crippen LogP contribution in [-0.4, -0.2) is 20.7 Å². The van der Waals surface area contributed by atoms with Crippen molar-refractivity contribution in [3.63, 3.8) is 0 Å². The number of benzene rings is 1. The zero-order valence-corrected chi connectivity index (χ0v) is 15.8. The molecule has 0 fully saturated rings. The molecule has 6 nitrogen and oxygen atoms in total. The largest absolute Gasteiger partial charge is 0.300 e. The summed E-state index contributed by atoms with van der Waals surface area (Å²) in [5.74, 6) is -0.291. The number of amides is 1. The predicted molar refractivity (Wildman–Crippen MR) is 106 cm³/mol. The molecule has 1 N–H and O–H groups in total. The molecule has 3 aromatic rings. The molecule has 0 spiro atoms. The molecule has 1 atom stereocenters. The van der Waals surface area contributed by atoms with Crippen molar-refractivity contribution in [2.45, 2.75) is 38.6 Å². The Labute approximate surface area is 160 Å². The number of carbonyl (C=O) groups is 1. The van der Waals surface area contributed by atoms with E-state index in [-0.39, 0.29) is 11.5 Å². The van der Waals surface area contributed by atoms with E-state index in [9.17, 15) is 9.59 Å². The number of thiazole rings is 1. The van der Waals surface area contributed by atoms with Gasteiger partial charge in [0.25, 0.3) is 11.5 Å². The van der Waals surface area contributed by atoms with E-state index in [0.29, 0.717) is 10.8 Å². The average Bonchev–Trinajstić information content (AvgIpc) is 3.10. The van der Waals surface area contributed by atoms with E-state index in [4.69, 9.17) is 0 Å². The highest BCUT2D eigenvalue weighted by molar-refractivity contribution is 7.15. The molecule has 1 aliphatic carbocycles. The van der Waals surface area contributed by atoms with Gasteiger partial charge in [-0.05, 0) is 38.7 Å². The monoisotopic (exact) mass is 380 g/mol. The summed E-state index contributed by atoms with van der Waals surface area (Å²) in [7, 11) is 0. The fraction of sp³-hybridized carbons (Fsp3) is 0.300. The van der Waals surface area contributed by atoms with Crippen LogP contribution in [0.3, 0.4) is 0 Å². The summed E-state index contributed by atoms with van der Waals surface area (Å²) in [5, 5.41) is 7.85. The number of rotatable bonds is 4. The van der Waals surface area contributed by atoms with Gasteiger partial charge in [0.1, 0.15) is 6.04 Å². The van der Waals surface area contributed by atoms with Crippen molar-refractivity contribution in [3.8, 4) is 11.3 Å². The summed E-state index contributed by atoms with van der Waals surface area (Å²) in [6.07, 6.45) is 4.31. The third kappa shape index (κ3) is 3.68. The van der Waals surface area contributed by atoms with E-state index in [1.54, 1.807) is 13.0 Å². The Bertz CT molecular complexity index is 1000. The number of nitrogens with one attached hydrogen (secondary N) is 1. The zero-order chi connectivity index (χ0) is 18.8. The molecule has 7 heteroatoms. The van der Waals surface area contributed by atoms with Crippen LogP contribution in [0.1, 0.15) is 36.4 Å². The molecule has 1 aromatic carbocycles. The van der Waals surface area contributed by atoms with Crippen LogP contribution in [0.4, 0.5) is 5.13 Å². The van der Waals surface area contributed by atoms with Crippen LogP contribution in [-0.2, 0) is 17.6 Å². The number of aromatic nitrogens is 3. The van der Waals surface area contributed by atoms with Crippen molar-refractivity contribution in [3.05, 3.63) is 63.4 Å². The van der Waals surface area contributed by atoms with Crippen LogP contribution >= 0.6 is 11.3 Å². The Balaban J connectivity index is 1.56. The molecule has 1 aliphatic rings. The summed E-state index contributed by atoms with van der Waals surface area (Å²) in [4.78, 5) is 30.7. The average molecular weight is 380 g/mol. The van der Waals surface area contributed by atoms with E-state index in [2.05, 4.69) is 15.4 Å². The second-order valence-electron chi connectivity index (χ2n) is 6.63. The molecule has 0 saturated carbocycles. The number of hydrogen-bond acceptors (Lipinski definition) is 5. The highest BCUT2D eigenvalue weighted by Crippen LogP contribution is 2.29. The van der Waals surface area contributed by atoms with Crippen molar-refractivity contribution in [1.82, 2.24) is 14.8 Å². The van der Waals surface area contributed by atoms with E-state index in [1.165, 1.54) is 33.4 Å². The molecule has 0 radical (unpaired) electrons. The summed E-state index contributed by atoms with van der Waals surface area (Å²) < 4.78 is 1.23. The maximum absolute atomic E-state index is 12.7. The first kappa shape index (κ1) is 17.6. The lowest BCUT2D eigenvalue weighted by atomic mass is 10.0. The fourth-order valence-electron chi connectivity index (χ4n) is 3.19. The minimum atomic E-state index is -0.734. The van der Waals surface area contributed by atoms with Crippen LogP contribution in [0.5, 0.6) is 0 Å². The minimum absolute atomic E-state index is 0.291. The van der Waals surface area contributed by atoms with Gasteiger partial charge in [0.2, 0.25) is 0 Å². The summed E-state index contributed by atoms with van der Waals surface area (Å²) >= 11 is 1.53. The first-order valence-corrected chi connectivity index (χ1v) is 9.88. The van der Waals surface area contributed by atoms with Gasteiger partial charge in [-0.25, -0.2) is 9.67 Å². The van der Waals surface area contributed by atoms with Gasteiger partial charge >= 0.3 is 0 Å². The van der Waals surface area contributed by atoms with Gasteiger partial charge in [-0.2, -0.15) is 5.10 Å². The van der Waals surface area contributed by atoms with Crippen molar-refractivity contribution >= 4 is 22.4 Å². The molecular weight excluding hydrogens is 360 g/mol. The third-order valence-electron chi connectivity index (χ3n) is 4.72. The minimum Gasteiger partial charge on any atom is -0.300 e. The maximum atomic E-state index is 12.7. The molecule has 27 heavy (non-hydrogen) atoms. The van der Waals surface area contributed by atoms with Crippen LogP contribution < -0.4 is 10.9 Å². The van der Waals surface area contributed by atoms with E-state index >= 15 is 0 Å². The lowest BCUT2D eigenvalue weighted by Gasteiger charge is -2.14. The van der Waals surface area contributed by atoms with Gasteiger partial charge < -0.3 is 5.32 Å². The zero-order valence-electron chi connectivity index (χ0n) is 15.0. The maximum Gasteiger partial charge on any atom is 0.267 e. The standard InChI is InChI=1S/C20H20N4O2S/c1-13(19(26)22-20-21-16-9-5-6-10-17(16)27-20)24-18(25)12-11-15(23-24)14-7-3-2-4-8-14/h2-4,7-8,11-13H,5-6,9-10H2,1H3,(H,21,22,26). The van der Waals surface area contributed by atoms with Crippen molar-refractivity contribution in [2.75, 3.05) is 5.32 Å². The highest BCUT2D eigenvalue weighted by atomic mass is 32.1. The molecule has 2 aromatic heterocycles. The molecular formula is C20H20N4O2S. The Morgan fingerprint density at radius 2 is 1.93 bits per heavy atom. The van der Waals surface area contributed by atoms with Crippen molar-refractivity contribution < 1.29 is 4.79 Å². The lowest BCUT2D eigenvalue weighted by molar-refractivity contribution is -0.119. The fourth-order valence-corrected chi connectivity index (χ4v) is 4.24. The SMILES string of the molecule is CC(C(=O)Nc1nc2c(s1)CCCC2)n1nc(-c2ccccc2)ccc1=O. The number of fused-ring (bicyclic) bond motifs is 1. The second kappa shape index (κ2) is 7.44. The van der Waals surface area contributed by atoms with Crippen LogP contribution in [0.2, 0.25) is 0 Å². The summed E-state index contributed by atoms with van der Waals surface area (Å²) in [5.41, 5.74) is 2.33. The molecule has 0 aliphatic heterocycles. The molecule has 0 bridgehead atoms. The van der Waals surface area contributed by atoms with E-state index < -0.39 is 6.04 Å². The summed E-state index contributed by atoms with van der Waals surface area (Å²) in [6, 6.07) is 12.0. The van der Waals surface area contributed by atoms with Gasteiger partial charge in [0, 0.05) is 16.5 Å². The highest BCUT2D eigenvalue weighted by Gasteiger charge is 2.21. The van der Waals surface area contributed by atoms with Gasteiger partial charge in [0.15, 0.2) is 5.13 Å². The smallest absolute Gasteiger partial charge is 0.267 e. The second-order valence-corrected chi connectivity index (χ2v) is 7.71. The molecule has 1 amide bonds. The number of nitrogens with zero attached hydrogens (tertiary/aromatic N) is 3. The number of hydrogen-bond donors (Lipinski definition) is 1. The van der Waals surface area contributed by atoms with Crippen molar-refractivity contribution in [2.24, 2.45) is 0 Å². The third-order valence-corrected chi connectivity index (χ3v) is 5.79. The number of aryl methyl sites for hydroxylation is 2. The Hall–Kier alpha value is -2.80. The van der Waals surface area contributed by atoms with Gasteiger partial charge in [-0.15, -0.1) is 11.3 Å². The van der Waals surface area contributed by atoms with Gasteiger partial charge in [-0.1, -0.05) is 30.3 Å². The van der Waals surface area contributed by atoms with Crippen LogP contribution in [0.15, 0.2) is 47.3 Å². The van der Waals surface area contributed by atoms with E-state index in [0.717, 1.165) is 30.5 Å². The summed E-state index contributed by atoms with van der Waals surface area (Å²) in [6.45, 7) is 1.67. The van der Waals surface area contributed by atoms with Crippen LogP contribution in [0, 0.1) is 0 Å². The molecule has 0 saturated heterocycles. The van der Waals surface area contributed by atoms with Crippen LogP contribution in [0.25, 0.3) is 11.3 Å². The Morgan fingerprint density at radius 1 is 1.15 bits per heavy atom. The molecule has 1 unspecified atom stereocenters. The lowest BCUT2D eigenvalue weighted by Crippen LogP contribution is -2.33. The first-order chi connectivity index (χ1) is 13.1. The van der Waals surface area contributed by atoms with Crippen molar-refractivity contribution in [1.29, 1.82) is 0 Å².